The van der Waals surface area contributed by atoms with Crippen LogP contribution in [0, 0.1) is 0 Å². The van der Waals surface area contributed by atoms with Crippen LogP contribution in [0.2, 0.25) is 0 Å². The lowest BCUT2D eigenvalue weighted by molar-refractivity contribution is 0.443. The molecule has 0 radical (unpaired) electrons. The fraction of sp³-hybridized carbons (Fsp3) is 0.500. The Kier molecular flexibility index (Phi) is 3.64. The van der Waals surface area contributed by atoms with Crippen molar-refractivity contribution in [3.8, 4) is 0 Å². The first-order valence-corrected chi connectivity index (χ1v) is 5.81. The topological polar surface area (TPSA) is 53.3 Å². The molecule has 1 aliphatic heterocycles. The summed E-state index contributed by atoms with van der Waals surface area (Å²) in [5.41, 5.74) is 4.85. The Morgan fingerprint density at radius 2 is 1.88 bits per heavy atom. The summed E-state index contributed by atoms with van der Waals surface area (Å²) in [5.74, 6) is 5.35. The first-order valence-electron chi connectivity index (χ1n) is 5.81. The van der Waals surface area contributed by atoms with Crippen LogP contribution in [0.15, 0.2) is 24.3 Å². The lowest BCUT2D eigenvalue weighted by Crippen LogP contribution is -2.41. The van der Waals surface area contributed by atoms with E-state index in [1.165, 1.54) is 18.5 Å². The minimum atomic E-state index is 0.651. The highest BCUT2D eigenvalue weighted by Crippen LogP contribution is 2.21. The van der Waals surface area contributed by atoms with Crippen molar-refractivity contribution in [3.05, 3.63) is 24.3 Å². The zero-order valence-corrected chi connectivity index (χ0v) is 9.74. The van der Waals surface area contributed by atoms with Gasteiger partial charge in [0.2, 0.25) is 0 Å². The fourth-order valence-corrected chi connectivity index (χ4v) is 2.20. The monoisotopic (exact) mass is 220 g/mol. The van der Waals surface area contributed by atoms with E-state index in [-0.39, 0.29) is 0 Å². The molecule has 0 amide bonds. The number of nitrogen functional groups attached to an aromatic ring is 1. The molecule has 0 saturated carbocycles. The molecule has 4 nitrogen and oxygen atoms in total. The Morgan fingerprint density at radius 1 is 1.25 bits per heavy atom. The number of rotatable bonds is 3. The maximum atomic E-state index is 5.35. The van der Waals surface area contributed by atoms with Crippen molar-refractivity contribution >= 4 is 11.4 Å². The quantitative estimate of drug-likeness (QED) is 0.528. The SMILES string of the molecule is CN(c1ccc(NN)cc1)C1CCNCC1. The van der Waals surface area contributed by atoms with Crippen molar-refractivity contribution in [1.29, 1.82) is 0 Å². The summed E-state index contributed by atoms with van der Waals surface area (Å²) in [6.07, 6.45) is 2.43. The van der Waals surface area contributed by atoms with E-state index in [1.54, 1.807) is 0 Å². The first kappa shape index (κ1) is 11.2. The van der Waals surface area contributed by atoms with Crippen LogP contribution >= 0.6 is 0 Å². The Hall–Kier alpha value is -1.26. The number of hydrogen-bond donors (Lipinski definition) is 3. The van der Waals surface area contributed by atoms with Crippen LogP contribution in [0.1, 0.15) is 12.8 Å². The molecule has 16 heavy (non-hydrogen) atoms. The lowest BCUT2D eigenvalue weighted by Gasteiger charge is -2.33. The van der Waals surface area contributed by atoms with Gasteiger partial charge in [0.25, 0.3) is 0 Å². The van der Waals surface area contributed by atoms with Crippen LogP contribution in [-0.4, -0.2) is 26.2 Å². The average Bonchev–Trinajstić information content (AvgIpc) is 2.39. The van der Waals surface area contributed by atoms with Gasteiger partial charge >= 0.3 is 0 Å². The number of nitrogens with one attached hydrogen (secondary N) is 2. The summed E-state index contributed by atoms with van der Waals surface area (Å²) in [4.78, 5) is 2.36. The number of nitrogens with zero attached hydrogens (tertiary/aromatic N) is 1. The van der Waals surface area contributed by atoms with Gasteiger partial charge in [-0.05, 0) is 50.2 Å². The van der Waals surface area contributed by atoms with Gasteiger partial charge in [-0.2, -0.15) is 0 Å². The minimum absolute atomic E-state index is 0.651. The van der Waals surface area contributed by atoms with Crippen molar-refractivity contribution in [3.63, 3.8) is 0 Å². The standard InChI is InChI=1S/C12H20N4/c1-16(12-6-8-14-9-7-12)11-4-2-10(15-13)3-5-11/h2-5,12,14-15H,6-9,13H2,1H3. The second-order valence-corrected chi connectivity index (χ2v) is 4.28. The van der Waals surface area contributed by atoms with Gasteiger partial charge in [-0.15, -0.1) is 0 Å². The van der Waals surface area contributed by atoms with Gasteiger partial charge in [-0.1, -0.05) is 0 Å². The molecule has 1 aromatic rings. The molecule has 0 spiro atoms. The lowest BCUT2D eigenvalue weighted by atomic mass is 10.0. The van der Waals surface area contributed by atoms with Gasteiger partial charge in [0, 0.05) is 24.5 Å². The number of hydrogen-bond acceptors (Lipinski definition) is 4. The summed E-state index contributed by atoms with van der Waals surface area (Å²) in [7, 11) is 2.17. The predicted octanol–water partition coefficient (Wildman–Crippen LogP) is 1.16. The third-order valence-corrected chi connectivity index (χ3v) is 3.30. The third kappa shape index (κ3) is 2.46. The predicted molar refractivity (Wildman–Crippen MR) is 68.5 cm³/mol. The smallest absolute Gasteiger partial charge is 0.0486 e. The van der Waals surface area contributed by atoms with Gasteiger partial charge in [0.15, 0.2) is 0 Å². The zero-order valence-electron chi connectivity index (χ0n) is 9.74. The minimum Gasteiger partial charge on any atom is -0.372 e. The summed E-state index contributed by atoms with van der Waals surface area (Å²) >= 11 is 0. The number of anilines is 2. The molecule has 88 valence electrons. The van der Waals surface area contributed by atoms with E-state index in [4.69, 9.17) is 5.84 Å². The highest BCUT2D eigenvalue weighted by molar-refractivity contribution is 5.54. The average molecular weight is 220 g/mol. The van der Waals surface area contributed by atoms with E-state index in [2.05, 4.69) is 34.8 Å². The molecule has 0 unspecified atom stereocenters. The highest BCUT2D eigenvalue weighted by Gasteiger charge is 2.17. The molecule has 0 bridgehead atoms. The molecular formula is C12H20N4. The van der Waals surface area contributed by atoms with Crippen molar-refractivity contribution in [1.82, 2.24) is 5.32 Å². The molecule has 0 aromatic heterocycles. The maximum absolute atomic E-state index is 5.35. The van der Waals surface area contributed by atoms with Gasteiger partial charge in [-0.25, -0.2) is 0 Å². The molecule has 1 saturated heterocycles. The van der Waals surface area contributed by atoms with E-state index >= 15 is 0 Å². The fourth-order valence-electron chi connectivity index (χ4n) is 2.20. The largest absolute Gasteiger partial charge is 0.372 e. The van der Waals surface area contributed by atoms with Crippen molar-refractivity contribution < 1.29 is 0 Å². The van der Waals surface area contributed by atoms with Gasteiger partial charge < -0.3 is 15.6 Å². The van der Waals surface area contributed by atoms with Crippen LogP contribution in [0.25, 0.3) is 0 Å². The van der Waals surface area contributed by atoms with E-state index in [9.17, 15) is 0 Å². The van der Waals surface area contributed by atoms with Gasteiger partial charge in [-0.3, -0.25) is 5.84 Å². The Labute approximate surface area is 96.8 Å². The molecular weight excluding hydrogens is 200 g/mol. The van der Waals surface area contributed by atoms with Crippen LogP contribution < -0.4 is 21.5 Å². The van der Waals surface area contributed by atoms with Crippen LogP contribution in [0.3, 0.4) is 0 Å². The van der Waals surface area contributed by atoms with E-state index in [0.29, 0.717) is 6.04 Å². The van der Waals surface area contributed by atoms with Crippen molar-refractivity contribution in [2.24, 2.45) is 5.84 Å². The molecule has 4 N–H and O–H groups in total. The molecule has 0 atom stereocenters. The second-order valence-electron chi connectivity index (χ2n) is 4.28. The van der Waals surface area contributed by atoms with Gasteiger partial charge in [0.1, 0.15) is 0 Å². The van der Waals surface area contributed by atoms with Crippen LogP contribution in [0.5, 0.6) is 0 Å². The summed E-state index contributed by atoms with van der Waals surface area (Å²) < 4.78 is 0. The maximum Gasteiger partial charge on any atom is 0.0486 e. The first-order chi connectivity index (χ1) is 7.81. The third-order valence-electron chi connectivity index (χ3n) is 3.30. The molecule has 1 heterocycles. The molecule has 2 rings (SSSR count). The zero-order chi connectivity index (χ0) is 11.4. The molecule has 1 aromatic carbocycles. The highest BCUT2D eigenvalue weighted by atomic mass is 15.2. The number of nitrogens with two attached hydrogens (primary N) is 1. The molecule has 0 aliphatic carbocycles. The van der Waals surface area contributed by atoms with Gasteiger partial charge in [0.05, 0.1) is 0 Å². The number of benzene rings is 1. The Balaban J connectivity index is 2.04. The van der Waals surface area contributed by atoms with Crippen molar-refractivity contribution in [2.45, 2.75) is 18.9 Å². The molecule has 1 aliphatic rings. The van der Waals surface area contributed by atoms with E-state index in [0.717, 1.165) is 18.8 Å². The number of piperidine rings is 1. The van der Waals surface area contributed by atoms with Crippen LogP contribution in [0.4, 0.5) is 11.4 Å². The van der Waals surface area contributed by atoms with Crippen LogP contribution in [-0.2, 0) is 0 Å². The normalized spacial score (nSPS) is 17.1. The summed E-state index contributed by atoms with van der Waals surface area (Å²) in [5, 5.41) is 3.39. The van der Waals surface area contributed by atoms with Crippen molar-refractivity contribution in [2.75, 3.05) is 30.5 Å². The molecule has 1 fully saturated rings. The van der Waals surface area contributed by atoms with E-state index in [1.807, 2.05) is 12.1 Å². The number of hydrazine groups is 1. The summed E-state index contributed by atoms with van der Waals surface area (Å²) in [6.45, 7) is 2.24. The van der Waals surface area contributed by atoms with E-state index < -0.39 is 0 Å². The summed E-state index contributed by atoms with van der Waals surface area (Å²) in [6, 6.07) is 8.88. The second kappa shape index (κ2) is 5.18. The Morgan fingerprint density at radius 3 is 2.44 bits per heavy atom. The molecule has 4 heteroatoms. The Bertz CT molecular complexity index is 316.